The topological polar surface area (TPSA) is 119 Å². The zero-order valence-corrected chi connectivity index (χ0v) is 13.6. The summed E-state index contributed by atoms with van der Waals surface area (Å²) in [5, 5.41) is 22.8. The molecule has 0 saturated heterocycles. The molecule has 136 valence electrons. The Morgan fingerprint density at radius 2 is 1.92 bits per heavy atom. The third kappa shape index (κ3) is 4.53. The predicted molar refractivity (Wildman–Crippen MR) is 89.7 cm³/mol. The lowest BCUT2D eigenvalue weighted by Crippen LogP contribution is -2.21. The van der Waals surface area contributed by atoms with Gasteiger partial charge in [0.25, 0.3) is 5.69 Å². The molecule has 0 spiro atoms. The SMILES string of the molecule is COc1ccc(NC(=O)C[C@H](C(=O)O)c2ccc(F)cc2)c([N+](=O)[O-])c1. The Bertz CT molecular complexity index is 838. The van der Waals surface area contributed by atoms with Gasteiger partial charge in [-0.3, -0.25) is 19.7 Å². The van der Waals surface area contributed by atoms with E-state index in [1.807, 2.05) is 0 Å². The number of carboxylic acids is 1. The van der Waals surface area contributed by atoms with Crippen molar-refractivity contribution in [2.24, 2.45) is 0 Å². The molecule has 8 nitrogen and oxygen atoms in total. The number of halogens is 1. The van der Waals surface area contributed by atoms with E-state index >= 15 is 0 Å². The molecule has 2 aromatic carbocycles. The summed E-state index contributed by atoms with van der Waals surface area (Å²) in [4.78, 5) is 34.1. The van der Waals surface area contributed by atoms with Gasteiger partial charge in [-0.25, -0.2) is 4.39 Å². The van der Waals surface area contributed by atoms with Crippen LogP contribution in [0.1, 0.15) is 17.9 Å². The highest BCUT2D eigenvalue weighted by Gasteiger charge is 2.25. The summed E-state index contributed by atoms with van der Waals surface area (Å²) in [7, 11) is 1.34. The molecule has 0 heterocycles. The average Bonchev–Trinajstić information content (AvgIpc) is 2.60. The summed E-state index contributed by atoms with van der Waals surface area (Å²) in [6.45, 7) is 0. The molecule has 1 atom stereocenters. The number of benzene rings is 2. The highest BCUT2D eigenvalue weighted by Crippen LogP contribution is 2.30. The zero-order chi connectivity index (χ0) is 19.3. The number of nitro groups is 1. The lowest BCUT2D eigenvalue weighted by molar-refractivity contribution is -0.384. The molecular formula is C17H15FN2O6. The van der Waals surface area contributed by atoms with Gasteiger partial charge in [0.1, 0.15) is 17.3 Å². The first-order valence-electron chi connectivity index (χ1n) is 7.42. The Hall–Kier alpha value is -3.49. The number of nitrogens with one attached hydrogen (secondary N) is 1. The molecule has 0 radical (unpaired) electrons. The molecule has 0 saturated carbocycles. The molecule has 0 aliphatic rings. The number of methoxy groups -OCH3 is 1. The van der Waals surface area contributed by atoms with Crippen molar-refractivity contribution in [2.45, 2.75) is 12.3 Å². The minimum atomic E-state index is -1.27. The third-order valence-electron chi connectivity index (χ3n) is 3.64. The van der Waals surface area contributed by atoms with Gasteiger partial charge in [-0.2, -0.15) is 0 Å². The second kappa shape index (κ2) is 8.06. The van der Waals surface area contributed by atoms with Crippen LogP contribution in [0.25, 0.3) is 0 Å². The van der Waals surface area contributed by atoms with E-state index < -0.39 is 35.0 Å². The molecule has 2 aromatic rings. The van der Waals surface area contributed by atoms with Gasteiger partial charge in [-0.1, -0.05) is 12.1 Å². The van der Waals surface area contributed by atoms with Crippen molar-refractivity contribution >= 4 is 23.3 Å². The first-order chi connectivity index (χ1) is 12.3. The maximum absolute atomic E-state index is 13.0. The lowest BCUT2D eigenvalue weighted by Gasteiger charge is -2.13. The van der Waals surface area contributed by atoms with E-state index in [0.29, 0.717) is 0 Å². The van der Waals surface area contributed by atoms with Gasteiger partial charge in [0.15, 0.2) is 0 Å². The normalized spacial score (nSPS) is 11.5. The fourth-order valence-electron chi connectivity index (χ4n) is 2.32. The van der Waals surface area contributed by atoms with Crippen molar-refractivity contribution in [3.05, 3.63) is 64.0 Å². The average molecular weight is 362 g/mol. The van der Waals surface area contributed by atoms with Crippen molar-refractivity contribution in [2.75, 3.05) is 12.4 Å². The van der Waals surface area contributed by atoms with Gasteiger partial charge in [0.05, 0.1) is 24.0 Å². The van der Waals surface area contributed by atoms with E-state index in [1.54, 1.807) is 0 Å². The third-order valence-corrected chi connectivity index (χ3v) is 3.64. The van der Waals surface area contributed by atoms with Crippen LogP contribution in [0.5, 0.6) is 5.75 Å². The fourth-order valence-corrected chi connectivity index (χ4v) is 2.32. The number of hydrogen-bond acceptors (Lipinski definition) is 5. The van der Waals surface area contributed by atoms with E-state index in [4.69, 9.17) is 4.74 Å². The summed E-state index contributed by atoms with van der Waals surface area (Å²) in [5.74, 6) is -3.50. The highest BCUT2D eigenvalue weighted by atomic mass is 19.1. The smallest absolute Gasteiger partial charge is 0.311 e. The maximum Gasteiger partial charge on any atom is 0.311 e. The van der Waals surface area contributed by atoms with Crippen LogP contribution >= 0.6 is 0 Å². The monoisotopic (exact) mass is 362 g/mol. The Balaban J connectivity index is 2.20. The van der Waals surface area contributed by atoms with Gasteiger partial charge >= 0.3 is 5.97 Å². The van der Waals surface area contributed by atoms with Gasteiger partial charge in [-0.15, -0.1) is 0 Å². The number of carbonyl (C=O) groups excluding carboxylic acids is 1. The van der Waals surface area contributed by atoms with Crippen LogP contribution < -0.4 is 10.1 Å². The Morgan fingerprint density at radius 3 is 2.46 bits per heavy atom. The van der Waals surface area contributed by atoms with Crippen LogP contribution in [0.3, 0.4) is 0 Å². The largest absolute Gasteiger partial charge is 0.496 e. The second-order valence-electron chi connectivity index (χ2n) is 5.33. The number of hydrogen-bond donors (Lipinski definition) is 2. The van der Waals surface area contributed by atoms with Crippen molar-refractivity contribution in [1.82, 2.24) is 0 Å². The van der Waals surface area contributed by atoms with Crippen molar-refractivity contribution in [3.8, 4) is 5.75 Å². The summed E-state index contributed by atoms with van der Waals surface area (Å²) in [5.41, 5.74) is -0.214. The molecule has 0 aliphatic carbocycles. The predicted octanol–water partition coefficient (Wildman–Crippen LogP) is 2.94. The van der Waals surface area contributed by atoms with Crippen LogP contribution in [0.2, 0.25) is 0 Å². The van der Waals surface area contributed by atoms with E-state index in [1.165, 1.54) is 31.4 Å². The molecule has 0 aromatic heterocycles. The molecule has 0 unspecified atom stereocenters. The van der Waals surface area contributed by atoms with E-state index in [-0.39, 0.29) is 22.7 Å². The Kier molecular flexibility index (Phi) is 5.84. The molecule has 26 heavy (non-hydrogen) atoms. The maximum atomic E-state index is 13.0. The van der Waals surface area contributed by atoms with Crippen molar-refractivity contribution in [1.29, 1.82) is 0 Å². The first-order valence-corrected chi connectivity index (χ1v) is 7.42. The van der Waals surface area contributed by atoms with Crippen LogP contribution in [0.15, 0.2) is 42.5 Å². The number of aliphatic carboxylic acids is 1. The van der Waals surface area contributed by atoms with Gasteiger partial charge in [0.2, 0.25) is 5.91 Å². The Labute approximate surface area is 147 Å². The second-order valence-corrected chi connectivity index (χ2v) is 5.33. The van der Waals surface area contributed by atoms with Gasteiger partial charge in [0, 0.05) is 6.42 Å². The number of carboxylic acid groups (broad SMARTS) is 1. The van der Waals surface area contributed by atoms with Crippen LogP contribution in [0.4, 0.5) is 15.8 Å². The summed E-state index contributed by atoms with van der Waals surface area (Å²) >= 11 is 0. The number of ether oxygens (including phenoxy) is 1. The highest BCUT2D eigenvalue weighted by molar-refractivity contribution is 5.96. The minimum Gasteiger partial charge on any atom is -0.496 e. The number of amides is 1. The summed E-state index contributed by atoms with van der Waals surface area (Å²) in [6, 6.07) is 8.60. The number of nitro benzene ring substituents is 1. The Morgan fingerprint density at radius 1 is 1.27 bits per heavy atom. The molecule has 1 amide bonds. The van der Waals surface area contributed by atoms with Crippen LogP contribution in [-0.2, 0) is 9.59 Å². The molecule has 2 N–H and O–H groups in total. The summed E-state index contributed by atoms with van der Waals surface area (Å²) in [6.07, 6.45) is -0.468. The number of nitrogens with zero attached hydrogens (tertiary/aromatic N) is 1. The molecule has 9 heteroatoms. The van der Waals surface area contributed by atoms with Crippen LogP contribution in [-0.4, -0.2) is 29.0 Å². The molecule has 0 aliphatic heterocycles. The van der Waals surface area contributed by atoms with Crippen molar-refractivity contribution < 1.29 is 28.7 Å². The van der Waals surface area contributed by atoms with E-state index in [2.05, 4.69) is 5.32 Å². The van der Waals surface area contributed by atoms with Crippen LogP contribution in [0, 0.1) is 15.9 Å². The number of carbonyl (C=O) groups is 2. The quantitative estimate of drug-likeness (QED) is 0.577. The molecule has 0 fully saturated rings. The van der Waals surface area contributed by atoms with E-state index in [9.17, 15) is 29.2 Å². The molecular weight excluding hydrogens is 347 g/mol. The van der Waals surface area contributed by atoms with Crippen molar-refractivity contribution in [3.63, 3.8) is 0 Å². The fraction of sp³-hybridized carbons (Fsp3) is 0.176. The lowest BCUT2D eigenvalue weighted by atomic mass is 9.95. The first kappa shape index (κ1) is 18.8. The van der Waals surface area contributed by atoms with Gasteiger partial charge < -0.3 is 15.2 Å². The standard InChI is InChI=1S/C17H15FN2O6/c1-26-12-6-7-14(15(8-12)20(24)25)19-16(21)9-13(17(22)23)10-2-4-11(18)5-3-10/h2-8,13H,9H2,1H3,(H,19,21)(H,22,23)/t13-/m0/s1. The minimum absolute atomic E-state index is 0.0796. The number of anilines is 1. The van der Waals surface area contributed by atoms with E-state index in [0.717, 1.165) is 18.2 Å². The molecule has 2 rings (SSSR count). The van der Waals surface area contributed by atoms with Gasteiger partial charge in [-0.05, 0) is 29.8 Å². The molecule has 0 bridgehead atoms. The summed E-state index contributed by atoms with van der Waals surface area (Å²) < 4.78 is 17.9. The zero-order valence-electron chi connectivity index (χ0n) is 13.6. The number of rotatable bonds is 7.